The maximum absolute atomic E-state index is 13.2. The summed E-state index contributed by atoms with van der Waals surface area (Å²) in [6, 6.07) is 13.0. The fourth-order valence-corrected chi connectivity index (χ4v) is 3.70. The molecule has 0 spiro atoms. The average molecular weight is 396 g/mol. The Kier molecular flexibility index (Phi) is 5.34. The van der Waals surface area contributed by atoms with Crippen molar-refractivity contribution in [2.24, 2.45) is 0 Å². The first kappa shape index (κ1) is 18.2. The fraction of sp³-hybridized carbons (Fsp3) is 0.143. The number of aromatic hydroxyl groups is 1. The zero-order valence-corrected chi connectivity index (χ0v) is 15.7. The maximum atomic E-state index is 13.2. The molecule has 0 aliphatic rings. The van der Waals surface area contributed by atoms with E-state index < -0.39 is 0 Å². The number of nitrogens with zero attached hydrogens (tertiary/aromatic N) is 2. The number of aromatic nitrogens is 2. The molecule has 4 aromatic rings. The van der Waals surface area contributed by atoms with E-state index >= 15 is 0 Å². The van der Waals surface area contributed by atoms with Gasteiger partial charge in [0.15, 0.2) is 0 Å². The lowest BCUT2D eigenvalue weighted by Crippen LogP contribution is -2.06. The van der Waals surface area contributed by atoms with E-state index in [0.717, 1.165) is 21.3 Å². The highest BCUT2D eigenvalue weighted by molar-refractivity contribution is 7.17. The molecule has 28 heavy (non-hydrogen) atoms. The minimum Gasteiger partial charge on any atom is -0.508 e. The van der Waals surface area contributed by atoms with Crippen LogP contribution in [0, 0.1) is 5.82 Å². The van der Waals surface area contributed by atoms with Gasteiger partial charge in [0.2, 0.25) is 5.88 Å². The summed E-state index contributed by atoms with van der Waals surface area (Å²) in [6.45, 7) is 0.871. The van der Waals surface area contributed by atoms with Gasteiger partial charge in [-0.1, -0.05) is 18.2 Å². The highest BCUT2D eigenvalue weighted by atomic mass is 32.1. The van der Waals surface area contributed by atoms with E-state index in [1.165, 1.54) is 29.8 Å². The van der Waals surface area contributed by atoms with E-state index in [9.17, 15) is 9.50 Å². The Morgan fingerprint density at radius 2 is 1.82 bits per heavy atom. The van der Waals surface area contributed by atoms with Gasteiger partial charge >= 0.3 is 0 Å². The van der Waals surface area contributed by atoms with Gasteiger partial charge in [-0.2, -0.15) is 0 Å². The molecule has 0 unspecified atom stereocenters. The molecule has 142 valence electrons. The highest BCUT2D eigenvalue weighted by Crippen LogP contribution is 2.37. The highest BCUT2D eigenvalue weighted by Gasteiger charge is 2.14. The van der Waals surface area contributed by atoms with Crippen molar-refractivity contribution in [3.05, 3.63) is 66.1 Å². The largest absolute Gasteiger partial charge is 0.508 e. The first-order chi connectivity index (χ1) is 13.7. The van der Waals surface area contributed by atoms with Crippen LogP contribution in [0.2, 0.25) is 0 Å². The fourth-order valence-electron chi connectivity index (χ4n) is 2.79. The number of phenols is 1. The lowest BCUT2D eigenvalue weighted by molar-refractivity contribution is 0.243. The molecule has 0 aliphatic heterocycles. The van der Waals surface area contributed by atoms with Crippen LogP contribution in [0.4, 0.5) is 4.39 Å². The van der Waals surface area contributed by atoms with Crippen molar-refractivity contribution in [1.29, 1.82) is 0 Å². The zero-order chi connectivity index (χ0) is 19.3. The molecule has 2 heterocycles. The van der Waals surface area contributed by atoms with Gasteiger partial charge in [0.1, 0.15) is 28.5 Å². The van der Waals surface area contributed by atoms with Crippen LogP contribution >= 0.6 is 11.3 Å². The topological polar surface area (TPSA) is 64.5 Å². The van der Waals surface area contributed by atoms with Crippen molar-refractivity contribution in [3.63, 3.8) is 0 Å². The smallest absolute Gasteiger partial charge is 0.225 e. The van der Waals surface area contributed by atoms with Crippen molar-refractivity contribution < 1.29 is 19.0 Å². The van der Waals surface area contributed by atoms with Crippen molar-refractivity contribution in [2.45, 2.75) is 6.42 Å². The van der Waals surface area contributed by atoms with Crippen molar-refractivity contribution in [2.75, 3.05) is 13.2 Å². The monoisotopic (exact) mass is 396 g/mol. The molecular formula is C21H17FN2O3S. The Bertz CT molecular complexity index is 1080. The number of ether oxygens (including phenoxy) is 2. The van der Waals surface area contributed by atoms with Crippen LogP contribution in [-0.4, -0.2) is 28.3 Å². The Morgan fingerprint density at radius 1 is 1.00 bits per heavy atom. The summed E-state index contributed by atoms with van der Waals surface area (Å²) in [5.41, 5.74) is 1.81. The predicted octanol–water partition coefficient (Wildman–Crippen LogP) is 5.05. The summed E-state index contributed by atoms with van der Waals surface area (Å²) in [7, 11) is 0. The van der Waals surface area contributed by atoms with Crippen LogP contribution in [-0.2, 0) is 0 Å². The lowest BCUT2D eigenvalue weighted by Gasteiger charge is -2.09. The summed E-state index contributed by atoms with van der Waals surface area (Å²) in [6.07, 6.45) is 2.13. The number of hydrogen-bond acceptors (Lipinski definition) is 6. The number of thiophene rings is 1. The predicted molar refractivity (Wildman–Crippen MR) is 107 cm³/mol. The second kappa shape index (κ2) is 8.22. The summed E-state index contributed by atoms with van der Waals surface area (Å²) >= 11 is 1.50. The lowest BCUT2D eigenvalue weighted by atomic mass is 10.1. The van der Waals surface area contributed by atoms with Gasteiger partial charge in [-0.15, -0.1) is 11.3 Å². The molecule has 0 saturated heterocycles. The molecule has 0 amide bonds. The van der Waals surface area contributed by atoms with Crippen LogP contribution in [0.25, 0.3) is 21.3 Å². The van der Waals surface area contributed by atoms with Gasteiger partial charge in [0, 0.05) is 23.4 Å². The normalized spacial score (nSPS) is 10.9. The first-order valence-electron chi connectivity index (χ1n) is 8.73. The molecule has 0 bridgehead atoms. The molecule has 7 heteroatoms. The van der Waals surface area contributed by atoms with Crippen LogP contribution in [0.15, 0.2) is 60.2 Å². The third-order valence-electron chi connectivity index (χ3n) is 4.10. The number of fused-ring (bicyclic) bond motifs is 1. The Hall–Kier alpha value is -3.19. The van der Waals surface area contributed by atoms with Gasteiger partial charge in [0.05, 0.1) is 18.6 Å². The van der Waals surface area contributed by atoms with E-state index in [0.29, 0.717) is 31.3 Å². The summed E-state index contributed by atoms with van der Waals surface area (Å²) in [5, 5.41) is 12.2. The van der Waals surface area contributed by atoms with Gasteiger partial charge in [-0.3, -0.25) is 0 Å². The third-order valence-corrected chi connectivity index (χ3v) is 4.99. The van der Waals surface area contributed by atoms with Gasteiger partial charge < -0.3 is 14.6 Å². The minimum atomic E-state index is -0.275. The molecule has 0 fully saturated rings. The van der Waals surface area contributed by atoms with E-state index in [2.05, 4.69) is 9.97 Å². The molecule has 2 aromatic heterocycles. The van der Waals surface area contributed by atoms with E-state index in [-0.39, 0.29) is 11.6 Å². The molecule has 4 rings (SSSR count). The summed E-state index contributed by atoms with van der Waals surface area (Å²) in [5.74, 6) is 1.01. The average Bonchev–Trinajstić information content (AvgIpc) is 3.13. The van der Waals surface area contributed by atoms with Crippen LogP contribution < -0.4 is 9.47 Å². The molecular weight excluding hydrogens is 379 g/mol. The van der Waals surface area contributed by atoms with Crippen molar-refractivity contribution in [3.8, 4) is 28.5 Å². The molecule has 0 aliphatic carbocycles. The van der Waals surface area contributed by atoms with Gasteiger partial charge in [-0.05, 0) is 29.8 Å². The first-order valence-corrected chi connectivity index (χ1v) is 9.61. The minimum absolute atomic E-state index is 0.169. The number of phenolic OH excluding ortho intramolecular Hbond substituents is 1. The molecule has 1 N–H and O–H groups in total. The van der Waals surface area contributed by atoms with Crippen molar-refractivity contribution in [1.82, 2.24) is 9.97 Å². The quantitative estimate of drug-likeness (QED) is 0.443. The Balaban J connectivity index is 1.44. The number of rotatable bonds is 7. The molecule has 0 saturated carbocycles. The second-order valence-corrected chi connectivity index (χ2v) is 6.92. The summed E-state index contributed by atoms with van der Waals surface area (Å²) in [4.78, 5) is 9.40. The van der Waals surface area contributed by atoms with Crippen LogP contribution in [0.3, 0.4) is 0 Å². The van der Waals surface area contributed by atoms with E-state index in [1.807, 2.05) is 5.38 Å². The molecule has 5 nitrogen and oxygen atoms in total. The SMILES string of the molecule is Oc1cccc(OCCCOc2ncnc3scc(-c4ccc(F)cc4)c23)c1. The van der Waals surface area contributed by atoms with Crippen molar-refractivity contribution >= 4 is 21.6 Å². The number of hydrogen-bond donors (Lipinski definition) is 1. The maximum Gasteiger partial charge on any atom is 0.225 e. The summed E-state index contributed by atoms with van der Waals surface area (Å²) < 4.78 is 24.7. The van der Waals surface area contributed by atoms with Gasteiger partial charge in [-0.25, -0.2) is 14.4 Å². The molecule has 2 aromatic carbocycles. The Labute approximate surface area is 165 Å². The van der Waals surface area contributed by atoms with E-state index in [4.69, 9.17) is 9.47 Å². The van der Waals surface area contributed by atoms with E-state index in [1.54, 1.807) is 36.4 Å². The standard InChI is InChI=1S/C21H17FN2O3S/c22-15-7-5-14(6-8-15)18-12-28-21-19(18)20(23-13-24-21)27-10-2-9-26-17-4-1-3-16(25)11-17/h1,3-8,11-13,25H,2,9-10H2. The molecule has 0 radical (unpaired) electrons. The van der Waals surface area contributed by atoms with Crippen LogP contribution in [0.1, 0.15) is 6.42 Å². The number of halogens is 1. The van der Waals surface area contributed by atoms with Crippen LogP contribution in [0.5, 0.6) is 17.4 Å². The molecule has 0 atom stereocenters. The third kappa shape index (κ3) is 4.04. The Morgan fingerprint density at radius 3 is 2.64 bits per heavy atom. The zero-order valence-electron chi connectivity index (χ0n) is 14.8. The second-order valence-electron chi connectivity index (χ2n) is 6.06. The van der Waals surface area contributed by atoms with Gasteiger partial charge in [0.25, 0.3) is 0 Å². The number of benzene rings is 2.